The molecule has 0 radical (unpaired) electrons. The number of hydrogen-bond acceptors (Lipinski definition) is 2. The maximum Gasteiger partial charge on any atom is 0.122 e. The van der Waals surface area contributed by atoms with Crippen LogP contribution in [0.4, 0.5) is 5.69 Å². The van der Waals surface area contributed by atoms with Crippen LogP contribution in [0.2, 0.25) is 0 Å². The highest BCUT2D eigenvalue weighted by atomic mass is 16.5. The smallest absolute Gasteiger partial charge is 0.122 e. The first-order valence-electron chi connectivity index (χ1n) is 7.77. The normalized spacial score (nSPS) is 16.0. The summed E-state index contributed by atoms with van der Waals surface area (Å²) in [5, 5.41) is 0. The summed E-state index contributed by atoms with van der Waals surface area (Å²) in [7, 11) is 0. The monoisotopic (exact) mass is 281 g/mol. The third-order valence-electron chi connectivity index (χ3n) is 4.41. The minimum Gasteiger partial charge on any atom is -0.490 e. The summed E-state index contributed by atoms with van der Waals surface area (Å²) in [6, 6.07) is 17.0. The van der Waals surface area contributed by atoms with Gasteiger partial charge in [-0.15, -0.1) is 0 Å². The Morgan fingerprint density at radius 1 is 0.905 bits per heavy atom. The molecule has 0 saturated carbocycles. The molecule has 2 aromatic carbocycles. The van der Waals surface area contributed by atoms with Crippen molar-refractivity contribution in [2.75, 3.05) is 18.0 Å². The van der Waals surface area contributed by atoms with Crippen LogP contribution in [0.15, 0.2) is 48.5 Å². The summed E-state index contributed by atoms with van der Waals surface area (Å²) < 4.78 is 6.22. The van der Waals surface area contributed by atoms with Gasteiger partial charge in [0.15, 0.2) is 0 Å². The molecule has 2 heteroatoms. The maximum atomic E-state index is 6.22. The van der Waals surface area contributed by atoms with E-state index in [0.29, 0.717) is 6.10 Å². The van der Waals surface area contributed by atoms with Crippen LogP contribution < -0.4 is 9.64 Å². The van der Waals surface area contributed by atoms with Crippen molar-refractivity contribution in [2.24, 2.45) is 0 Å². The molecule has 1 aliphatic rings. The zero-order valence-corrected chi connectivity index (χ0v) is 12.9. The topological polar surface area (TPSA) is 12.5 Å². The summed E-state index contributed by atoms with van der Waals surface area (Å²) in [6.07, 6.45) is 2.51. The number of ether oxygens (including phenoxy) is 1. The predicted molar refractivity (Wildman–Crippen MR) is 88.2 cm³/mol. The van der Waals surface area contributed by atoms with Gasteiger partial charge in [-0.2, -0.15) is 0 Å². The van der Waals surface area contributed by atoms with Gasteiger partial charge < -0.3 is 9.64 Å². The fourth-order valence-electron chi connectivity index (χ4n) is 2.90. The van der Waals surface area contributed by atoms with E-state index in [1.54, 1.807) is 0 Å². The molecule has 21 heavy (non-hydrogen) atoms. The zero-order chi connectivity index (χ0) is 14.7. The fourth-order valence-corrected chi connectivity index (χ4v) is 2.90. The average molecular weight is 281 g/mol. The Labute approximate surface area is 127 Å². The number of para-hydroxylation sites is 1. The minimum absolute atomic E-state index is 0.338. The Morgan fingerprint density at radius 3 is 2.33 bits per heavy atom. The molecule has 0 aliphatic carbocycles. The number of nitrogens with zero attached hydrogens (tertiary/aromatic N) is 1. The van der Waals surface area contributed by atoms with E-state index in [-0.39, 0.29) is 0 Å². The molecule has 3 rings (SSSR count). The van der Waals surface area contributed by atoms with Gasteiger partial charge in [-0.05, 0) is 43.2 Å². The number of piperidine rings is 1. The van der Waals surface area contributed by atoms with Crippen LogP contribution in [0.1, 0.15) is 24.0 Å². The van der Waals surface area contributed by atoms with E-state index in [2.05, 4.69) is 67.3 Å². The first kappa shape index (κ1) is 14.0. The standard InChI is InChI=1S/C19H23NO/c1-15-7-6-10-19(16(15)2)21-18-11-13-20(14-12-18)17-8-4-3-5-9-17/h3-10,18H,11-14H2,1-2H3. The van der Waals surface area contributed by atoms with E-state index in [9.17, 15) is 0 Å². The lowest BCUT2D eigenvalue weighted by Gasteiger charge is -2.34. The van der Waals surface area contributed by atoms with Gasteiger partial charge in [0.1, 0.15) is 11.9 Å². The van der Waals surface area contributed by atoms with Gasteiger partial charge in [-0.1, -0.05) is 30.3 Å². The van der Waals surface area contributed by atoms with Gasteiger partial charge in [0.05, 0.1) is 0 Å². The zero-order valence-electron chi connectivity index (χ0n) is 12.9. The van der Waals surface area contributed by atoms with E-state index in [4.69, 9.17) is 4.74 Å². The minimum atomic E-state index is 0.338. The first-order chi connectivity index (χ1) is 10.2. The molecule has 0 atom stereocenters. The Kier molecular flexibility index (Phi) is 4.14. The number of hydrogen-bond donors (Lipinski definition) is 0. The second-order valence-electron chi connectivity index (χ2n) is 5.84. The van der Waals surface area contributed by atoms with Gasteiger partial charge >= 0.3 is 0 Å². The summed E-state index contributed by atoms with van der Waals surface area (Å²) in [4.78, 5) is 2.45. The number of anilines is 1. The quantitative estimate of drug-likeness (QED) is 0.829. The van der Waals surface area contributed by atoms with E-state index in [0.717, 1.165) is 31.7 Å². The Morgan fingerprint density at radius 2 is 1.62 bits per heavy atom. The van der Waals surface area contributed by atoms with Crippen molar-refractivity contribution in [3.63, 3.8) is 0 Å². The summed E-state index contributed by atoms with van der Waals surface area (Å²) in [5.41, 5.74) is 3.89. The van der Waals surface area contributed by atoms with E-state index in [1.807, 2.05) is 0 Å². The summed E-state index contributed by atoms with van der Waals surface area (Å²) in [6.45, 7) is 6.42. The second-order valence-corrected chi connectivity index (χ2v) is 5.84. The number of aryl methyl sites for hydroxylation is 1. The second kappa shape index (κ2) is 6.21. The highest BCUT2D eigenvalue weighted by Gasteiger charge is 2.21. The average Bonchev–Trinajstić information content (AvgIpc) is 2.53. The summed E-state index contributed by atoms with van der Waals surface area (Å²) >= 11 is 0. The molecule has 0 amide bonds. The van der Waals surface area contributed by atoms with Crippen LogP contribution in [0.5, 0.6) is 5.75 Å². The van der Waals surface area contributed by atoms with E-state index < -0.39 is 0 Å². The van der Waals surface area contributed by atoms with Crippen molar-refractivity contribution < 1.29 is 4.74 Å². The molecule has 110 valence electrons. The third-order valence-corrected chi connectivity index (χ3v) is 4.41. The third kappa shape index (κ3) is 3.21. The van der Waals surface area contributed by atoms with Crippen LogP contribution in [0, 0.1) is 13.8 Å². The molecule has 1 aliphatic heterocycles. The van der Waals surface area contributed by atoms with Crippen molar-refractivity contribution in [1.29, 1.82) is 0 Å². The van der Waals surface area contributed by atoms with Crippen molar-refractivity contribution in [2.45, 2.75) is 32.8 Å². The Bertz CT molecular complexity index is 586. The SMILES string of the molecule is Cc1cccc(OC2CCN(c3ccccc3)CC2)c1C. The van der Waals surface area contributed by atoms with Crippen LogP contribution in [0.25, 0.3) is 0 Å². The van der Waals surface area contributed by atoms with Crippen molar-refractivity contribution in [1.82, 2.24) is 0 Å². The van der Waals surface area contributed by atoms with Gasteiger partial charge in [0, 0.05) is 31.6 Å². The Hall–Kier alpha value is -1.96. The van der Waals surface area contributed by atoms with Gasteiger partial charge in [0.2, 0.25) is 0 Å². The lowest BCUT2D eigenvalue weighted by molar-refractivity contribution is 0.169. The molecule has 0 spiro atoms. The predicted octanol–water partition coefficient (Wildman–Crippen LogP) is 4.35. The van der Waals surface area contributed by atoms with Gasteiger partial charge in [0.25, 0.3) is 0 Å². The number of rotatable bonds is 3. The molecule has 1 saturated heterocycles. The van der Waals surface area contributed by atoms with Gasteiger partial charge in [-0.3, -0.25) is 0 Å². The maximum absolute atomic E-state index is 6.22. The molecule has 2 nitrogen and oxygen atoms in total. The molecule has 2 aromatic rings. The van der Waals surface area contributed by atoms with Crippen LogP contribution in [-0.2, 0) is 0 Å². The summed E-state index contributed by atoms with van der Waals surface area (Å²) in [5.74, 6) is 1.05. The molecular formula is C19H23NO. The molecule has 1 heterocycles. The van der Waals surface area contributed by atoms with Crippen LogP contribution >= 0.6 is 0 Å². The van der Waals surface area contributed by atoms with E-state index in [1.165, 1.54) is 16.8 Å². The molecule has 1 fully saturated rings. The highest BCUT2D eigenvalue weighted by Crippen LogP contribution is 2.26. The lowest BCUT2D eigenvalue weighted by Crippen LogP contribution is -2.38. The number of benzene rings is 2. The fraction of sp³-hybridized carbons (Fsp3) is 0.368. The molecule has 0 unspecified atom stereocenters. The molecule has 0 bridgehead atoms. The van der Waals surface area contributed by atoms with E-state index >= 15 is 0 Å². The molecule has 0 aromatic heterocycles. The Balaban J connectivity index is 1.60. The van der Waals surface area contributed by atoms with Crippen LogP contribution in [0.3, 0.4) is 0 Å². The largest absolute Gasteiger partial charge is 0.490 e. The van der Waals surface area contributed by atoms with Crippen molar-refractivity contribution in [3.8, 4) is 5.75 Å². The molecular weight excluding hydrogens is 258 g/mol. The van der Waals surface area contributed by atoms with Gasteiger partial charge in [-0.25, -0.2) is 0 Å². The van der Waals surface area contributed by atoms with Crippen LogP contribution in [-0.4, -0.2) is 19.2 Å². The first-order valence-corrected chi connectivity index (χ1v) is 7.77. The lowest BCUT2D eigenvalue weighted by atomic mass is 10.1. The molecule has 0 N–H and O–H groups in total. The van der Waals surface area contributed by atoms with Crippen molar-refractivity contribution in [3.05, 3.63) is 59.7 Å². The highest BCUT2D eigenvalue weighted by molar-refractivity contribution is 5.46. The van der Waals surface area contributed by atoms with Crippen molar-refractivity contribution >= 4 is 5.69 Å².